The minimum absolute atomic E-state index is 1.11. The Labute approximate surface area is 106 Å². The Balaban J connectivity index is 2.52. The van der Waals surface area contributed by atoms with E-state index in [1.165, 1.54) is 31.5 Å². The largest absolute Gasteiger partial charge is 0.370 e. The molecule has 1 aromatic carbocycles. The van der Waals surface area contributed by atoms with E-state index in [0.29, 0.717) is 0 Å². The molecular formula is C15H26N2. The van der Waals surface area contributed by atoms with E-state index in [1.54, 1.807) is 0 Å². The predicted octanol–water partition coefficient (Wildman–Crippen LogP) is 3.24. The van der Waals surface area contributed by atoms with Crippen molar-refractivity contribution < 1.29 is 0 Å². The molecule has 0 saturated carbocycles. The van der Waals surface area contributed by atoms with Gasteiger partial charge in [0.1, 0.15) is 0 Å². The van der Waals surface area contributed by atoms with E-state index < -0.39 is 0 Å². The highest BCUT2D eigenvalue weighted by atomic mass is 15.2. The third kappa shape index (κ3) is 5.73. The number of benzene rings is 1. The SMILES string of the molecule is CCCCCN(CCN(C)C)c1ccccc1. The quantitative estimate of drug-likeness (QED) is 0.637. The van der Waals surface area contributed by atoms with E-state index in [2.05, 4.69) is 61.2 Å². The summed E-state index contributed by atoms with van der Waals surface area (Å²) in [5, 5.41) is 0. The van der Waals surface area contributed by atoms with E-state index in [9.17, 15) is 0 Å². The Morgan fingerprint density at radius 1 is 0.882 bits per heavy atom. The van der Waals surface area contributed by atoms with Crippen LogP contribution in [-0.4, -0.2) is 38.6 Å². The predicted molar refractivity (Wildman–Crippen MR) is 76.7 cm³/mol. The van der Waals surface area contributed by atoms with Gasteiger partial charge in [-0.2, -0.15) is 0 Å². The molecular weight excluding hydrogens is 208 g/mol. The number of para-hydroxylation sites is 1. The van der Waals surface area contributed by atoms with Crippen LogP contribution in [0.3, 0.4) is 0 Å². The molecule has 0 fully saturated rings. The monoisotopic (exact) mass is 234 g/mol. The van der Waals surface area contributed by atoms with Gasteiger partial charge in [0.05, 0.1) is 0 Å². The van der Waals surface area contributed by atoms with Gasteiger partial charge in [-0.05, 0) is 32.6 Å². The normalized spacial score (nSPS) is 10.8. The fraction of sp³-hybridized carbons (Fsp3) is 0.600. The fourth-order valence-corrected chi connectivity index (χ4v) is 1.88. The summed E-state index contributed by atoms with van der Waals surface area (Å²) >= 11 is 0. The van der Waals surface area contributed by atoms with Gasteiger partial charge in [0.15, 0.2) is 0 Å². The molecule has 0 N–H and O–H groups in total. The number of nitrogens with zero attached hydrogens (tertiary/aromatic N) is 2. The van der Waals surface area contributed by atoms with Gasteiger partial charge < -0.3 is 9.80 Å². The third-order valence-corrected chi connectivity index (χ3v) is 2.97. The molecule has 1 rings (SSSR count). The lowest BCUT2D eigenvalue weighted by molar-refractivity contribution is 0.412. The smallest absolute Gasteiger partial charge is 0.0366 e. The van der Waals surface area contributed by atoms with Crippen molar-refractivity contribution in [2.45, 2.75) is 26.2 Å². The van der Waals surface area contributed by atoms with Gasteiger partial charge in [-0.1, -0.05) is 38.0 Å². The van der Waals surface area contributed by atoms with Crippen LogP contribution in [0.2, 0.25) is 0 Å². The summed E-state index contributed by atoms with van der Waals surface area (Å²) < 4.78 is 0. The van der Waals surface area contributed by atoms with E-state index in [1.807, 2.05) is 0 Å². The van der Waals surface area contributed by atoms with Crippen molar-refractivity contribution in [1.82, 2.24) is 4.90 Å². The molecule has 1 aromatic rings. The molecule has 0 aromatic heterocycles. The molecule has 0 aliphatic carbocycles. The Bertz CT molecular complexity index is 282. The van der Waals surface area contributed by atoms with E-state index >= 15 is 0 Å². The molecule has 17 heavy (non-hydrogen) atoms. The number of likely N-dealkylation sites (N-methyl/N-ethyl adjacent to an activating group) is 1. The topological polar surface area (TPSA) is 6.48 Å². The molecule has 2 nitrogen and oxygen atoms in total. The van der Waals surface area contributed by atoms with Crippen molar-refractivity contribution in [3.05, 3.63) is 30.3 Å². The van der Waals surface area contributed by atoms with Gasteiger partial charge >= 0.3 is 0 Å². The van der Waals surface area contributed by atoms with Crippen LogP contribution in [0.1, 0.15) is 26.2 Å². The fourth-order valence-electron chi connectivity index (χ4n) is 1.88. The molecule has 0 aliphatic rings. The molecule has 0 bridgehead atoms. The van der Waals surface area contributed by atoms with Crippen LogP contribution in [0.15, 0.2) is 30.3 Å². The summed E-state index contributed by atoms with van der Waals surface area (Å²) in [5.41, 5.74) is 1.35. The highest BCUT2D eigenvalue weighted by Crippen LogP contribution is 2.14. The van der Waals surface area contributed by atoms with Gasteiger partial charge in [0.25, 0.3) is 0 Å². The minimum Gasteiger partial charge on any atom is -0.370 e. The van der Waals surface area contributed by atoms with Crippen molar-refractivity contribution in [2.24, 2.45) is 0 Å². The average Bonchev–Trinajstić information content (AvgIpc) is 2.34. The molecule has 0 aliphatic heterocycles. The van der Waals surface area contributed by atoms with E-state index in [-0.39, 0.29) is 0 Å². The summed E-state index contributed by atoms with van der Waals surface area (Å²) in [6.07, 6.45) is 3.90. The third-order valence-electron chi connectivity index (χ3n) is 2.97. The second-order valence-electron chi connectivity index (χ2n) is 4.83. The molecule has 0 atom stereocenters. The van der Waals surface area contributed by atoms with E-state index in [0.717, 1.165) is 13.1 Å². The molecule has 0 spiro atoms. The second-order valence-corrected chi connectivity index (χ2v) is 4.83. The van der Waals surface area contributed by atoms with Crippen LogP contribution in [0.5, 0.6) is 0 Å². The molecule has 96 valence electrons. The standard InChI is InChI=1S/C15H26N2/c1-4-5-9-12-17(14-13-16(2)3)15-10-7-6-8-11-15/h6-8,10-11H,4-5,9,12-14H2,1-3H3. The van der Waals surface area contributed by atoms with Crippen molar-refractivity contribution in [3.8, 4) is 0 Å². The summed E-state index contributed by atoms with van der Waals surface area (Å²) in [7, 11) is 4.27. The number of hydrogen-bond acceptors (Lipinski definition) is 2. The van der Waals surface area contributed by atoms with E-state index in [4.69, 9.17) is 0 Å². The maximum atomic E-state index is 2.50. The lowest BCUT2D eigenvalue weighted by atomic mass is 10.2. The number of unbranched alkanes of at least 4 members (excludes halogenated alkanes) is 2. The maximum absolute atomic E-state index is 2.50. The number of hydrogen-bond donors (Lipinski definition) is 0. The van der Waals surface area contributed by atoms with Crippen LogP contribution in [0.4, 0.5) is 5.69 Å². The Hall–Kier alpha value is -1.02. The van der Waals surface area contributed by atoms with Gasteiger partial charge in [0, 0.05) is 25.3 Å². The van der Waals surface area contributed by atoms with Crippen molar-refractivity contribution in [1.29, 1.82) is 0 Å². The van der Waals surface area contributed by atoms with Gasteiger partial charge in [0.2, 0.25) is 0 Å². The molecule has 0 saturated heterocycles. The molecule has 0 heterocycles. The maximum Gasteiger partial charge on any atom is 0.0366 e. The van der Waals surface area contributed by atoms with Crippen molar-refractivity contribution in [2.75, 3.05) is 38.6 Å². The lowest BCUT2D eigenvalue weighted by Gasteiger charge is -2.26. The van der Waals surface area contributed by atoms with Crippen LogP contribution in [-0.2, 0) is 0 Å². The van der Waals surface area contributed by atoms with Crippen LogP contribution < -0.4 is 4.90 Å². The van der Waals surface area contributed by atoms with Crippen molar-refractivity contribution in [3.63, 3.8) is 0 Å². The van der Waals surface area contributed by atoms with Crippen molar-refractivity contribution >= 4 is 5.69 Å². The zero-order chi connectivity index (χ0) is 12.5. The van der Waals surface area contributed by atoms with Gasteiger partial charge in [-0.15, -0.1) is 0 Å². The molecule has 0 radical (unpaired) electrons. The summed E-state index contributed by atoms with van der Waals surface area (Å²) in [4.78, 5) is 4.74. The highest BCUT2D eigenvalue weighted by Gasteiger charge is 2.05. The first-order valence-electron chi connectivity index (χ1n) is 6.68. The first kappa shape index (κ1) is 14.0. The highest BCUT2D eigenvalue weighted by molar-refractivity contribution is 5.45. The van der Waals surface area contributed by atoms with Crippen LogP contribution in [0, 0.1) is 0 Å². The number of rotatable bonds is 8. The first-order valence-corrected chi connectivity index (χ1v) is 6.68. The zero-order valence-electron chi connectivity index (χ0n) is 11.5. The minimum atomic E-state index is 1.11. The molecule has 2 heteroatoms. The Morgan fingerprint density at radius 2 is 1.59 bits per heavy atom. The zero-order valence-corrected chi connectivity index (χ0v) is 11.5. The Kier molecular flexibility index (Phi) is 6.71. The summed E-state index contributed by atoms with van der Waals surface area (Å²) in [6.45, 7) is 5.65. The first-order chi connectivity index (χ1) is 8.24. The average molecular weight is 234 g/mol. The van der Waals surface area contributed by atoms with Crippen LogP contribution >= 0.6 is 0 Å². The summed E-state index contributed by atoms with van der Waals surface area (Å²) in [6, 6.07) is 10.7. The number of anilines is 1. The van der Waals surface area contributed by atoms with Gasteiger partial charge in [-0.25, -0.2) is 0 Å². The molecule has 0 amide bonds. The van der Waals surface area contributed by atoms with Crippen LogP contribution in [0.25, 0.3) is 0 Å². The second kappa shape index (κ2) is 8.13. The summed E-state index contributed by atoms with van der Waals surface area (Å²) in [5.74, 6) is 0. The van der Waals surface area contributed by atoms with Gasteiger partial charge in [-0.3, -0.25) is 0 Å². The Morgan fingerprint density at radius 3 is 2.18 bits per heavy atom. The lowest BCUT2D eigenvalue weighted by Crippen LogP contribution is -2.32. The molecule has 0 unspecified atom stereocenters.